The predicted molar refractivity (Wildman–Crippen MR) is 40.8 cm³/mol. The summed E-state index contributed by atoms with van der Waals surface area (Å²) in [6.07, 6.45) is 7.33. The lowest BCUT2D eigenvalue weighted by molar-refractivity contribution is -0.136. The van der Waals surface area contributed by atoms with E-state index < -0.39 is 0 Å². The molecule has 2 aliphatic carbocycles. The number of carbonyl (C=O) groups excluding carboxylic acids is 1. The van der Waals surface area contributed by atoms with Gasteiger partial charge in [0.15, 0.2) is 0 Å². The second-order valence-corrected chi connectivity index (χ2v) is 3.00. The Bertz CT molecular complexity index is 250. The summed E-state index contributed by atoms with van der Waals surface area (Å²) >= 11 is 0. The monoisotopic (exact) mass is 150 g/mol. The number of carbonyl (C=O) groups is 1. The molecule has 0 unspecified atom stereocenters. The van der Waals surface area contributed by atoms with Crippen molar-refractivity contribution in [1.29, 1.82) is 0 Å². The van der Waals surface area contributed by atoms with Gasteiger partial charge in [-0.15, -0.1) is 0 Å². The summed E-state index contributed by atoms with van der Waals surface area (Å²) in [7, 11) is 1.43. The van der Waals surface area contributed by atoms with E-state index in [2.05, 4.69) is 16.9 Å². The van der Waals surface area contributed by atoms with Crippen molar-refractivity contribution in [2.45, 2.75) is 6.42 Å². The topological polar surface area (TPSA) is 26.3 Å². The number of methoxy groups -OCH3 is 1. The molecule has 2 bridgehead atoms. The molecule has 0 aromatic rings. The number of fused-ring (bicyclic) bond motifs is 2. The Morgan fingerprint density at radius 3 is 2.91 bits per heavy atom. The smallest absolute Gasteiger partial charge is 0.334 e. The summed E-state index contributed by atoms with van der Waals surface area (Å²) in [5, 5.41) is 0. The molecular weight excluding hydrogens is 140 g/mol. The van der Waals surface area contributed by atoms with E-state index in [-0.39, 0.29) is 5.97 Å². The molecule has 0 heterocycles. The van der Waals surface area contributed by atoms with Crippen LogP contribution in [0.2, 0.25) is 0 Å². The van der Waals surface area contributed by atoms with Gasteiger partial charge in [0.25, 0.3) is 0 Å². The van der Waals surface area contributed by atoms with Crippen LogP contribution >= 0.6 is 0 Å². The number of hydrogen-bond donors (Lipinski definition) is 0. The molecule has 11 heavy (non-hydrogen) atoms. The second-order valence-electron chi connectivity index (χ2n) is 3.00. The highest BCUT2D eigenvalue weighted by atomic mass is 16.5. The van der Waals surface area contributed by atoms with Crippen LogP contribution in [0.25, 0.3) is 0 Å². The SMILES string of the molecule is COC(=O)C1=C[C@H]2C=C[C@@H]1C2. The van der Waals surface area contributed by atoms with Gasteiger partial charge in [0.2, 0.25) is 0 Å². The third kappa shape index (κ3) is 0.897. The van der Waals surface area contributed by atoms with Crippen LogP contribution in [0, 0.1) is 11.8 Å². The standard InChI is InChI=1S/C9H10O2/c1-11-9(10)8-5-6-2-3-7(8)4-6/h2-3,5-7H,4H2,1H3/t6-,7+/m0/s1. The highest BCUT2D eigenvalue weighted by molar-refractivity contribution is 5.90. The van der Waals surface area contributed by atoms with Gasteiger partial charge in [0, 0.05) is 11.5 Å². The van der Waals surface area contributed by atoms with Crippen molar-refractivity contribution >= 4 is 5.97 Å². The first kappa shape index (κ1) is 6.65. The first-order valence-electron chi connectivity index (χ1n) is 3.79. The Morgan fingerprint density at radius 1 is 1.64 bits per heavy atom. The zero-order chi connectivity index (χ0) is 7.84. The predicted octanol–water partition coefficient (Wildman–Crippen LogP) is 1.29. The van der Waals surface area contributed by atoms with E-state index in [1.54, 1.807) is 0 Å². The first-order valence-corrected chi connectivity index (χ1v) is 3.79. The molecule has 0 aromatic carbocycles. The average molecular weight is 150 g/mol. The summed E-state index contributed by atoms with van der Waals surface area (Å²) in [5.41, 5.74) is 0.847. The van der Waals surface area contributed by atoms with Crippen LogP contribution in [0.4, 0.5) is 0 Å². The maximum atomic E-state index is 11.1. The average Bonchev–Trinajstić information content (AvgIpc) is 2.62. The summed E-state index contributed by atoms with van der Waals surface area (Å²) in [6.45, 7) is 0. The van der Waals surface area contributed by atoms with Gasteiger partial charge in [-0.2, -0.15) is 0 Å². The van der Waals surface area contributed by atoms with Gasteiger partial charge >= 0.3 is 5.97 Å². The highest BCUT2D eigenvalue weighted by Gasteiger charge is 2.32. The van der Waals surface area contributed by atoms with Gasteiger partial charge in [-0.3, -0.25) is 0 Å². The summed E-state index contributed by atoms with van der Waals surface area (Å²) < 4.78 is 4.65. The molecule has 0 amide bonds. The maximum absolute atomic E-state index is 11.1. The number of ether oxygens (including phenoxy) is 1. The second kappa shape index (κ2) is 2.22. The van der Waals surface area contributed by atoms with Crippen molar-refractivity contribution in [1.82, 2.24) is 0 Å². The fourth-order valence-corrected chi connectivity index (χ4v) is 1.77. The van der Waals surface area contributed by atoms with E-state index in [4.69, 9.17) is 0 Å². The van der Waals surface area contributed by atoms with Crippen LogP contribution in [0.1, 0.15) is 6.42 Å². The zero-order valence-corrected chi connectivity index (χ0v) is 6.41. The van der Waals surface area contributed by atoms with Gasteiger partial charge in [-0.25, -0.2) is 4.79 Å². The Morgan fingerprint density at radius 2 is 2.45 bits per heavy atom. The number of allylic oxidation sites excluding steroid dienone is 3. The largest absolute Gasteiger partial charge is 0.466 e. The van der Waals surface area contributed by atoms with Gasteiger partial charge in [0.1, 0.15) is 0 Å². The van der Waals surface area contributed by atoms with Crippen LogP contribution < -0.4 is 0 Å². The Labute approximate surface area is 65.5 Å². The van der Waals surface area contributed by atoms with Crippen LogP contribution in [0.15, 0.2) is 23.8 Å². The zero-order valence-electron chi connectivity index (χ0n) is 6.41. The van der Waals surface area contributed by atoms with Crippen molar-refractivity contribution in [3.05, 3.63) is 23.8 Å². The van der Waals surface area contributed by atoms with Crippen molar-refractivity contribution < 1.29 is 9.53 Å². The first-order chi connectivity index (χ1) is 5.31. The summed E-state index contributed by atoms with van der Waals surface area (Å²) in [4.78, 5) is 11.1. The van der Waals surface area contributed by atoms with Gasteiger partial charge in [-0.05, 0) is 12.3 Å². The molecule has 0 radical (unpaired) electrons. The van der Waals surface area contributed by atoms with E-state index in [0.29, 0.717) is 11.8 Å². The van der Waals surface area contributed by atoms with E-state index in [1.165, 1.54) is 7.11 Å². The number of esters is 1. The third-order valence-corrected chi connectivity index (χ3v) is 2.33. The van der Waals surface area contributed by atoms with Crippen LogP contribution in [0.3, 0.4) is 0 Å². The number of hydrogen-bond acceptors (Lipinski definition) is 2. The van der Waals surface area contributed by atoms with Crippen molar-refractivity contribution in [3.63, 3.8) is 0 Å². The molecule has 0 fully saturated rings. The molecular formula is C9H10O2. The van der Waals surface area contributed by atoms with E-state index in [0.717, 1.165) is 12.0 Å². The van der Waals surface area contributed by atoms with Crippen molar-refractivity contribution in [3.8, 4) is 0 Å². The van der Waals surface area contributed by atoms with Crippen LogP contribution in [-0.2, 0) is 9.53 Å². The Balaban J connectivity index is 2.19. The quantitative estimate of drug-likeness (QED) is 0.416. The van der Waals surface area contributed by atoms with E-state index in [9.17, 15) is 4.79 Å². The third-order valence-electron chi connectivity index (χ3n) is 2.33. The molecule has 2 aliphatic rings. The molecule has 0 aliphatic heterocycles. The lowest BCUT2D eigenvalue weighted by Gasteiger charge is -2.05. The molecule has 58 valence electrons. The molecule has 0 saturated heterocycles. The van der Waals surface area contributed by atoms with Crippen molar-refractivity contribution in [2.24, 2.45) is 11.8 Å². The molecule has 2 rings (SSSR count). The summed E-state index contributed by atoms with van der Waals surface area (Å²) in [6, 6.07) is 0. The minimum absolute atomic E-state index is 0.165. The maximum Gasteiger partial charge on any atom is 0.334 e. The molecule has 2 atom stereocenters. The molecule has 0 saturated carbocycles. The fourth-order valence-electron chi connectivity index (χ4n) is 1.77. The van der Waals surface area contributed by atoms with E-state index in [1.807, 2.05) is 6.08 Å². The Hall–Kier alpha value is -1.05. The minimum atomic E-state index is -0.165. The van der Waals surface area contributed by atoms with E-state index >= 15 is 0 Å². The highest BCUT2D eigenvalue weighted by Crippen LogP contribution is 2.38. The van der Waals surface area contributed by atoms with Crippen LogP contribution in [-0.4, -0.2) is 13.1 Å². The number of rotatable bonds is 1. The van der Waals surface area contributed by atoms with Gasteiger partial charge in [-0.1, -0.05) is 18.2 Å². The minimum Gasteiger partial charge on any atom is -0.466 e. The van der Waals surface area contributed by atoms with Crippen molar-refractivity contribution in [2.75, 3.05) is 7.11 Å². The normalized spacial score (nSPS) is 32.3. The Kier molecular flexibility index (Phi) is 1.34. The summed E-state index contributed by atoms with van der Waals surface area (Å²) in [5.74, 6) is 0.670. The fraction of sp³-hybridized carbons (Fsp3) is 0.444. The molecule has 2 nitrogen and oxygen atoms in total. The van der Waals surface area contributed by atoms with Gasteiger partial charge in [0.05, 0.1) is 7.11 Å². The molecule has 0 aromatic heterocycles. The molecule has 0 N–H and O–H groups in total. The molecule has 0 spiro atoms. The molecule has 2 heteroatoms. The van der Waals surface area contributed by atoms with Gasteiger partial charge < -0.3 is 4.74 Å². The lowest BCUT2D eigenvalue weighted by atomic mass is 10.0. The van der Waals surface area contributed by atoms with Crippen LogP contribution in [0.5, 0.6) is 0 Å². The lowest BCUT2D eigenvalue weighted by Crippen LogP contribution is -2.09.